The zero-order chi connectivity index (χ0) is 11.0. The van der Waals surface area contributed by atoms with Gasteiger partial charge in [0.1, 0.15) is 5.15 Å². The number of hydrogen-bond acceptors (Lipinski definition) is 2. The molecule has 0 aliphatic carbocycles. The summed E-state index contributed by atoms with van der Waals surface area (Å²) >= 11 is 17.7. The molecule has 1 aromatic rings. The van der Waals surface area contributed by atoms with Crippen LogP contribution in [0.2, 0.25) is 15.2 Å². The van der Waals surface area contributed by atoms with Crippen molar-refractivity contribution in [1.82, 2.24) is 15.6 Å². The lowest BCUT2D eigenvalue weighted by Gasteiger charge is -2.13. The van der Waals surface area contributed by atoms with Crippen molar-refractivity contribution in [2.75, 3.05) is 6.54 Å². The first-order valence-electron chi connectivity index (χ1n) is 4.13. The van der Waals surface area contributed by atoms with Crippen molar-refractivity contribution in [2.24, 2.45) is 0 Å². The molecule has 7 heteroatoms. The van der Waals surface area contributed by atoms with Crippen LogP contribution in [0.5, 0.6) is 0 Å². The molecular weight excluding hydrogens is 260 g/mol. The first-order valence-corrected chi connectivity index (χ1v) is 5.26. The van der Waals surface area contributed by atoms with Gasteiger partial charge in [0.05, 0.1) is 16.1 Å². The minimum atomic E-state index is -0.266. The number of carbonyl (C=O) groups excluding carboxylic acids is 1. The first-order chi connectivity index (χ1) is 7.09. The highest BCUT2D eigenvalue weighted by molar-refractivity contribution is 6.43. The van der Waals surface area contributed by atoms with Crippen molar-refractivity contribution in [2.45, 2.75) is 6.04 Å². The van der Waals surface area contributed by atoms with Gasteiger partial charge in [0, 0.05) is 18.3 Å². The van der Waals surface area contributed by atoms with Gasteiger partial charge in [0.15, 0.2) is 0 Å². The second-order valence-corrected chi connectivity index (χ2v) is 4.17. The average Bonchev–Trinajstić information content (AvgIpc) is 2.59. The second-order valence-electron chi connectivity index (χ2n) is 3.03. The van der Waals surface area contributed by atoms with Crippen molar-refractivity contribution in [3.63, 3.8) is 0 Å². The predicted octanol–water partition coefficient (Wildman–Crippen LogP) is 2.40. The van der Waals surface area contributed by atoms with Crippen LogP contribution in [0.4, 0.5) is 4.79 Å². The van der Waals surface area contributed by atoms with E-state index < -0.39 is 0 Å². The summed E-state index contributed by atoms with van der Waals surface area (Å²) in [7, 11) is 0. The van der Waals surface area contributed by atoms with E-state index in [0.717, 1.165) is 0 Å². The van der Waals surface area contributed by atoms with Crippen LogP contribution in [-0.4, -0.2) is 17.6 Å². The van der Waals surface area contributed by atoms with Crippen LogP contribution in [0.15, 0.2) is 6.20 Å². The highest BCUT2D eigenvalue weighted by atomic mass is 35.5. The topological polar surface area (TPSA) is 54.0 Å². The van der Waals surface area contributed by atoms with E-state index in [2.05, 4.69) is 15.6 Å². The Kier molecular flexibility index (Phi) is 2.91. The van der Waals surface area contributed by atoms with Gasteiger partial charge >= 0.3 is 6.03 Å². The van der Waals surface area contributed by atoms with E-state index in [1.807, 2.05) is 0 Å². The summed E-state index contributed by atoms with van der Waals surface area (Å²) in [5.74, 6) is 0. The highest BCUT2D eigenvalue weighted by Crippen LogP contribution is 2.34. The number of carbonyl (C=O) groups is 1. The van der Waals surface area contributed by atoms with Crippen LogP contribution in [0.25, 0.3) is 0 Å². The molecule has 1 aliphatic heterocycles. The third-order valence-corrected chi connectivity index (χ3v) is 3.15. The number of aromatic nitrogens is 1. The molecule has 80 valence electrons. The second kappa shape index (κ2) is 4.04. The van der Waals surface area contributed by atoms with Crippen molar-refractivity contribution in [3.05, 3.63) is 27.0 Å². The number of nitrogens with zero attached hydrogens (tertiary/aromatic N) is 1. The molecule has 2 N–H and O–H groups in total. The first kappa shape index (κ1) is 10.8. The molecule has 0 aromatic carbocycles. The van der Waals surface area contributed by atoms with Gasteiger partial charge < -0.3 is 10.6 Å². The van der Waals surface area contributed by atoms with Crippen molar-refractivity contribution in [1.29, 1.82) is 0 Å². The molecule has 1 atom stereocenters. The zero-order valence-corrected chi connectivity index (χ0v) is 9.62. The van der Waals surface area contributed by atoms with E-state index in [1.165, 1.54) is 6.20 Å². The summed E-state index contributed by atoms with van der Waals surface area (Å²) in [5.41, 5.74) is 0.594. The number of hydrogen-bond donors (Lipinski definition) is 2. The summed E-state index contributed by atoms with van der Waals surface area (Å²) in [6, 6.07) is -0.516. The van der Waals surface area contributed by atoms with Gasteiger partial charge in [-0.25, -0.2) is 9.78 Å². The molecule has 1 fully saturated rings. The Balaban J connectivity index is 2.43. The fourth-order valence-corrected chi connectivity index (χ4v) is 2.16. The number of nitrogens with one attached hydrogen (secondary N) is 2. The van der Waals surface area contributed by atoms with Crippen LogP contribution in [0, 0.1) is 0 Å². The SMILES string of the molecule is O=C1NC[C@H](c2c(Cl)cnc(Cl)c2Cl)N1. The summed E-state index contributed by atoms with van der Waals surface area (Å²) in [6.45, 7) is 0.429. The van der Waals surface area contributed by atoms with Crippen molar-refractivity contribution < 1.29 is 4.79 Å². The summed E-state index contributed by atoms with van der Waals surface area (Å²) < 4.78 is 0. The van der Waals surface area contributed by atoms with Gasteiger partial charge in [0.25, 0.3) is 0 Å². The van der Waals surface area contributed by atoms with Gasteiger partial charge in [-0.05, 0) is 0 Å². The average molecular weight is 267 g/mol. The molecule has 1 saturated heterocycles. The van der Waals surface area contributed by atoms with Crippen molar-refractivity contribution in [3.8, 4) is 0 Å². The molecule has 2 rings (SSSR count). The molecule has 2 amide bonds. The molecule has 0 unspecified atom stereocenters. The number of pyridine rings is 1. The Morgan fingerprint density at radius 2 is 2.13 bits per heavy atom. The van der Waals surface area contributed by atoms with Crippen LogP contribution in [-0.2, 0) is 0 Å². The predicted molar refractivity (Wildman–Crippen MR) is 58.5 cm³/mol. The Bertz CT molecular complexity index is 424. The molecule has 4 nitrogen and oxygen atoms in total. The van der Waals surface area contributed by atoms with Gasteiger partial charge in [-0.3, -0.25) is 0 Å². The zero-order valence-electron chi connectivity index (χ0n) is 7.35. The maximum absolute atomic E-state index is 11.0. The lowest BCUT2D eigenvalue weighted by atomic mass is 10.1. The van der Waals surface area contributed by atoms with Gasteiger partial charge in [-0.1, -0.05) is 34.8 Å². The normalized spacial score (nSPS) is 19.9. The van der Waals surface area contributed by atoms with Crippen LogP contribution in [0.3, 0.4) is 0 Å². The summed E-state index contributed by atoms with van der Waals surface area (Å²) in [5, 5.41) is 6.13. The molecule has 0 radical (unpaired) electrons. The van der Waals surface area contributed by atoms with E-state index in [-0.39, 0.29) is 22.2 Å². The highest BCUT2D eigenvalue weighted by Gasteiger charge is 2.27. The lowest BCUT2D eigenvalue weighted by Crippen LogP contribution is -2.22. The monoisotopic (exact) mass is 265 g/mol. The molecule has 15 heavy (non-hydrogen) atoms. The van der Waals surface area contributed by atoms with Gasteiger partial charge in [0.2, 0.25) is 0 Å². The van der Waals surface area contributed by atoms with E-state index in [1.54, 1.807) is 0 Å². The Morgan fingerprint density at radius 3 is 2.73 bits per heavy atom. The standard InChI is InChI=1S/C8H6Cl3N3O/c9-3-1-12-7(11)6(10)5(3)4-2-13-8(15)14-4/h1,4H,2H2,(H2,13,14,15)/t4-/m1/s1. The maximum Gasteiger partial charge on any atom is 0.315 e. The molecule has 0 spiro atoms. The number of rotatable bonds is 1. The molecule has 0 saturated carbocycles. The molecule has 1 aliphatic rings. The van der Waals surface area contributed by atoms with E-state index in [9.17, 15) is 4.79 Å². The van der Waals surface area contributed by atoms with Crippen molar-refractivity contribution >= 4 is 40.8 Å². The Morgan fingerprint density at radius 1 is 1.40 bits per heavy atom. The van der Waals surface area contributed by atoms with Gasteiger partial charge in [-0.2, -0.15) is 0 Å². The fraction of sp³-hybridized carbons (Fsp3) is 0.250. The third-order valence-electron chi connectivity index (χ3n) is 2.09. The smallest absolute Gasteiger partial charge is 0.315 e. The van der Waals surface area contributed by atoms with E-state index >= 15 is 0 Å². The Labute approximate surface area is 101 Å². The Hall–Kier alpha value is -0.710. The quantitative estimate of drug-likeness (QED) is 0.767. The minimum absolute atomic E-state index is 0.178. The lowest BCUT2D eigenvalue weighted by molar-refractivity contribution is 0.247. The maximum atomic E-state index is 11.0. The van der Waals surface area contributed by atoms with Gasteiger partial charge in [-0.15, -0.1) is 0 Å². The summed E-state index contributed by atoms with van der Waals surface area (Å²) in [6.07, 6.45) is 1.41. The molecule has 0 bridgehead atoms. The largest absolute Gasteiger partial charge is 0.336 e. The third kappa shape index (κ3) is 1.97. The molecular formula is C8H6Cl3N3O. The summed E-state index contributed by atoms with van der Waals surface area (Å²) in [4.78, 5) is 14.8. The van der Waals surface area contributed by atoms with Crippen LogP contribution < -0.4 is 10.6 Å². The van der Waals surface area contributed by atoms with E-state index in [4.69, 9.17) is 34.8 Å². The fourth-order valence-electron chi connectivity index (χ4n) is 1.40. The molecule has 2 heterocycles. The minimum Gasteiger partial charge on any atom is -0.336 e. The number of amides is 2. The van der Waals surface area contributed by atoms with Crippen LogP contribution >= 0.6 is 34.8 Å². The molecule has 1 aromatic heterocycles. The van der Waals surface area contributed by atoms with E-state index in [0.29, 0.717) is 17.1 Å². The number of halogens is 3. The van der Waals surface area contributed by atoms with Crippen LogP contribution in [0.1, 0.15) is 11.6 Å². The number of urea groups is 1.